The molecule has 0 aliphatic heterocycles. The molecule has 3 heteroatoms. The molecule has 1 aromatic rings. The van der Waals surface area contributed by atoms with E-state index in [1.54, 1.807) is 0 Å². The summed E-state index contributed by atoms with van der Waals surface area (Å²) in [5.41, 5.74) is 2.23. The molecule has 2 N–H and O–H groups in total. The van der Waals surface area contributed by atoms with Crippen molar-refractivity contribution >= 4 is 11.4 Å². The Labute approximate surface area is 97.7 Å². The minimum absolute atomic E-state index is 0.572. The summed E-state index contributed by atoms with van der Waals surface area (Å²) in [6.45, 7) is 5.42. The van der Waals surface area contributed by atoms with Crippen LogP contribution in [0.5, 0.6) is 0 Å². The monoisotopic (exact) mass is 219 g/mol. The number of hydrogen-bond acceptors (Lipinski definition) is 3. The van der Waals surface area contributed by atoms with Crippen LogP contribution < -0.4 is 10.6 Å². The third kappa shape index (κ3) is 3.12. The van der Waals surface area contributed by atoms with Gasteiger partial charge in [-0.1, -0.05) is 6.92 Å². The maximum atomic E-state index is 4.25. The number of pyridine rings is 1. The highest BCUT2D eigenvalue weighted by atomic mass is 15.0. The zero-order chi connectivity index (χ0) is 11.4. The second kappa shape index (κ2) is 5.19. The Balaban J connectivity index is 1.92. The lowest BCUT2D eigenvalue weighted by Crippen LogP contribution is -2.17. The van der Waals surface area contributed by atoms with Crippen LogP contribution in [0.4, 0.5) is 11.4 Å². The van der Waals surface area contributed by atoms with Gasteiger partial charge in [0.05, 0.1) is 23.8 Å². The van der Waals surface area contributed by atoms with Gasteiger partial charge in [-0.05, 0) is 38.2 Å². The second-order valence-corrected chi connectivity index (χ2v) is 4.66. The third-order valence-electron chi connectivity index (χ3n) is 3.04. The van der Waals surface area contributed by atoms with Crippen molar-refractivity contribution in [3.05, 3.63) is 18.5 Å². The summed E-state index contributed by atoms with van der Waals surface area (Å²) in [6, 6.07) is 2.71. The van der Waals surface area contributed by atoms with Gasteiger partial charge in [-0.15, -0.1) is 0 Å². The number of anilines is 2. The lowest BCUT2D eigenvalue weighted by molar-refractivity contribution is 0.694. The van der Waals surface area contributed by atoms with Crippen LogP contribution in [0.1, 0.15) is 33.1 Å². The van der Waals surface area contributed by atoms with E-state index in [0.29, 0.717) is 6.04 Å². The minimum Gasteiger partial charge on any atom is -0.384 e. The molecule has 0 spiro atoms. The van der Waals surface area contributed by atoms with E-state index in [1.807, 2.05) is 12.4 Å². The summed E-state index contributed by atoms with van der Waals surface area (Å²) in [4.78, 5) is 4.25. The number of hydrogen-bond donors (Lipinski definition) is 2. The third-order valence-corrected chi connectivity index (χ3v) is 3.04. The molecule has 3 nitrogen and oxygen atoms in total. The summed E-state index contributed by atoms with van der Waals surface area (Å²) in [6.07, 6.45) is 7.65. The van der Waals surface area contributed by atoms with Crippen LogP contribution >= 0.6 is 0 Å². The van der Waals surface area contributed by atoms with Crippen molar-refractivity contribution in [2.45, 2.75) is 39.2 Å². The molecular formula is C13H21N3. The fourth-order valence-electron chi connectivity index (χ4n) is 1.86. The van der Waals surface area contributed by atoms with Crippen molar-refractivity contribution in [3.63, 3.8) is 0 Å². The lowest BCUT2D eigenvalue weighted by Gasteiger charge is -2.14. The van der Waals surface area contributed by atoms with Crippen molar-refractivity contribution in [3.8, 4) is 0 Å². The van der Waals surface area contributed by atoms with Crippen LogP contribution in [0, 0.1) is 5.92 Å². The number of nitrogens with one attached hydrogen (secondary N) is 2. The van der Waals surface area contributed by atoms with Gasteiger partial charge in [0, 0.05) is 12.6 Å². The predicted molar refractivity (Wildman–Crippen MR) is 68.8 cm³/mol. The lowest BCUT2D eigenvalue weighted by atomic mass is 10.2. The number of rotatable bonds is 6. The van der Waals surface area contributed by atoms with Crippen molar-refractivity contribution in [1.82, 2.24) is 4.98 Å². The fourth-order valence-corrected chi connectivity index (χ4v) is 1.86. The summed E-state index contributed by atoms with van der Waals surface area (Å²) < 4.78 is 0. The molecule has 0 saturated heterocycles. The first-order chi connectivity index (χ1) is 7.79. The van der Waals surface area contributed by atoms with E-state index in [9.17, 15) is 0 Å². The van der Waals surface area contributed by atoms with Gasteiger partial charge in [0.25, 0.3) is 0 Å². The number of aromatic nitrogens is 1. The van der Waals surface area contributed by atoms with Crippen LogP contribution in [0.15, 0.2) is 18.5 Å². The summed E-state index contributed by atoms with van der Waals surface area (Å²) >= 11 is 0. The highest BCUT2D eigenvalue weighted by Gasteiger charge is 2.27. The zero-order valence-corrected chi connectivity index (χ0v) is 10.2. The summed E-state index contributed by atoms with van der Waals surface area (Å²) in [5.74, 6) is 0.868. The topological polar surface area (TPSA) is 37.0 Å². The van der Waals surface area contributed by atoms with Crippen molar-refractivity contribution in [2.75, 3.05) is 17.2 Å². The van der Waals surface area contributed by atoms with Gasteiger partial charge in [-0.3, -0.25) is 4.98 Å². The summed E-state index contributed by atoms with van der Waals surface area (Å²) in [7, 11) is 0. The average Bonchev–Trinajstić information content (AvgIpc) is 3.10. The zero-order valence-electron chi connectivity index (χ0n) is 10.2. The van der Waals surface area contributed by atoms with E-state index in [0.717, 1.165) is 30.3 Å². The molecule has 1 aromatic heterocycles. The molecule has 1 aliphatic rings. The molecular weight excluding hydrogens is 198 g/mol. The maximum Gasteiger partial charge on any atom is 0.0549 e. The molecule has 1 aliphatic carbocycles. The van der Waals surface area contributed by atoms with E-state index in [1.165, 1.54) is 12.8 Å². The Bertz CT molecular complexity index is 334. The molecule has 0 radical (unpaired) electrons. The molecule has 1 saturated carbocycles. The average molecular weight is 219 g/mol. The highest BCUT2D eigenvalue weighted by Crippen LogP contribution is 2.34. The molecule has 88 valence electrons. The molecule has 1 heterocycles. The van der Waals surface area contributed by atoms with Gasteiger partial charge < -0.3 is 10.6 Å². The normalized spacial score (nSPS) is 16.9. The first-order valence-corrected chi connectivity index (χ1v) is 6.25. The van der Waals surface area contributed by atoms with E-state index < -0.39 is 0 Å². The van der Waals surface area contributed by atoms with Gasteiger partial charge in [-0.25, -0.2) is 0 Å². The van der Waals surface area contributed by atoms with Crippen LogP contribution in [0.2, 0.25) is 0 Å². The molecule has 1 fully saturated rings. The van der Waals surface area contributed by atoms with Gasteiger partial charge in [0.1, 0.15) is 0 Å². The highest BCUT2D eigenvalue weighted by molar-refractivity contribution is 5.54. The number of nitrogens with zero attached hydrogens (tertiary/aromatic N) is 1. The maximum absolute atomic E-state index is 4.25. The molecule has 2 rings (SSSR count). The largest absolute Gasteiger partial charge is 0.384 e. The Morgan fingerprint density at radius 3 is 2.81 bits per heavy atom. The van der Waals surface area contributed by atoms with Gasteiger partial charge >= 0.3 is 0 Å². The van der Waals surface area contributed by atoms with Gasteiger partial charge in [0.15, 0.2) is 0 Å². The van der Waals surface area contributed by atoms with Crippen LogP contribution in [0.3, 0.4) is 0 Å². The van der Waals surface area contributed by atoms with Crippen molar-refractivity contribution in [1.29, 1.82) is 0 Å². The fraction of sp³-hybridized carbons (Fsp3) is 0.615. The Morgan fingerprint density at radius 1 is 1.38 bits per heavy atom. The molecule has 1 atom stereocenters. The summed E-state index contributed by atoms with van der Waals surface area (Å²) in [5, 5.41) is 6.87. The Hall–Kier alpha value is -1.25. The SMILES string of the molecule is CCCNc1cncc(NC(C)C2CC2)c1. The standard InChI is InChI=1S/C13H21N3/c1-3-6-15-12-7-13(9-14-8-12)16-10(2)11-4-5-11/h7-11,15-16H,3-6H2,1-2H3. The van der Waals surface area contributed by atoms with Crippen LogP contribution in [-0.4, -0.2) is 17.6 Å². The molecule has 1 unspecified atom stereocenters. The quantitative estimate of drug-likeness (QED) is 0.772. The van der Waals surface area contributed by atoms with Crippen LogP contribution in [0.25, 0.3) is 0 Å². The van der Waals surface area contributed by atoms with E-state index in [-0.39, 0.29) is 0 Å². The molecule has 0 bridgehead atoms. The van der Waals surface area contributed by atoms with Crippen molar-refractivity contribution < 1.29 is 0 Å². The molecule has 0 amide bonds. The predicted octanol–water partition coefficient (Wildman–Crippen LogP) is 3.11. The smallest absolute Gasteiger partial charge is 0.0549 e. The first kappa shape index (κ1) is 11.2. The second-order valence-electron chi connectivity index (χ2n) is 4.66. The van der Waals surface area contributed by atoms with Gasteiger partial charge in [0.2, 0.25) is 0 Å². The Kier molecular flexibility index (Phi) is 3.65. The van der Waals surface area contributed by atoms with Gasteiger partial charge in [-0.2, -0.15) is 0 Å². The van der Waals surface area contributed by atoms with E-state index in [2.05, 4.69) is 35.5 Å². The van der Waals surface area contributed by atoms with E-state index >= 15 is 0 Å². The van der Waals surface area contributed by atoms with E-state index in [4.69, 9.17) is 0 Å². The van der Waals surface area contributed by atoms with Crippen molar-refractivity contribution in [2.24, 2.45) is 5.92 Å². The Morgan fingerprint density at radius 2 is 2.12 bits per heavy atom. The molecule has 0 aromatic carbocycles. The molecule has 16 heavy (non-hydrogen) atoms. The van der Waals surface area contributed by atoms with Crippen LogP contribution in [-0.2, 0) is 0 Å². The minimum atomic E-state index is 0.572. The first-order valence-electron chi connectivity index (χ1n) is 6.25.